The van der Waals surface area contributed by atoms with Crippen LogP contribution in [0.25, 0.3) is 0 Å². The van der Waals surface area contributed by atoms with Crippen LogP contribution in [0.1, 0.15) is 40.4 Å². The van der Waals surface area contributed by atoms with E-state index < -0.39 is 24.0 Å². The zero-order valence-electron chi connectivity index (χ0n) is 13.0. The van der Waals surface area contributed by atoms with E-state index in [0.717, 1.165) is 28.2 Å². The fourth-order valence-electron chi connectivity index (χ4n) is 2.31. The second kappa shape index (κ2) is 6.91. The Morgan fingerprint density at radius 1 is 1.50 bits per heavy atom. The molecule has 1 aromatic rings. The van der Waals surface area contributed by atoms with Crippen molar-refractivity contribution in [3.63, 3.8) is 0 Å². The number of amides is 3. The highest BCUT2D eigenvalue weighted by Crippen LogP contribution is 2.24. The van der Waals surface area contributed by atoms with Crippen LogP contribution >= 0.6 is 11.3 Å². The molecule has 1 saturated heterocycles. The van der Waals surface area contributed by atoms with Crippen molar-refractivity contribution in [3.8, 4) is 0 Å². The number of imide groups is 1. The lowest BCUT2D eigenvalue weighted by Crippen LogP contribution is -2.41. The lowest BCUT2D eigenvalue weighted by Gasteiger charge is -2.17. The van der Waals surface area contributed by atoms with Crippen molar-refractivity contribution in [1.29, 1.82) is 0 Å². The maximum Gasteiger partial charge on any atom is 0.349 e. The first-order chi connectivity index (χ1) is 10.4. The number of nitrogens with one attached hydrogen (secondary N) is 1. The quantitative estimate of drug-likeness (QED) is 0.842. The predicted molar refractivity (Wildman–Crippen MR) is 83.0 cm³/mol. The van der Waals surface area contributed by atoms with E-state index in [-0.39, 0.29) is 0 Å². The number of hydrogen-bond donors (Lipinski definition) is 1. The molecule has 2 heterocycles. The number of urea groups is 1. The monoisotopic (exact) mass is 324 g/mol. The van der Waals surface area contributed by atoms with Gasteiger partial charge in [-0.3, -0.25) is 9.69 Å². The summed E-state index contributed by atoms with van der Waals surface area (Å²) in [6, 6.07) is 1.39. The summed E-state index contributed by atoms with van der Waals surface area (Å²) in [5, 5.41) is 2.54. The van der Waals surface area contributed by atoms with Crippen LogP contribution in [0.5, 0.6) is 0 Å². The molecule has 120 valence electrons. The van der Waals surface area contributed by atoms with Crippen LogP contribution in [0.15, 0.2) is 6.07 Å². The first-order valence-corrected chi connectivity index (χ1v) is 8.15. The van der Waals surface area contributed by atoms with E-state index in [9.17, 15) is 14.4 Å². The molecule has 0 spiro atoms. The number of aryl methyl sites for hydroxylation is 2. The minimum Gasteiger partial charge on any atom is -0.448 e. The van der Waals surface area contributed by atoms with Gasteiger partial charge in [-0.25, -0.2) is 9.59 Å². The zero-order chi connectivity index (χ0) is 16.3. The van der Waals surface area contributed by atoms with E-state index in [1.54, 1.807) is 0 Å². The van der Waals surface area contributed by atoms with Crippen molar-refractivity contribution in [2.75, 3.05) is 13.1 Å². The first-order valence-electron chi connectivity index (χ1n) is 7.33. The SMILES string of the molecule is CCCc1cc(C(=O)O[C@H](C)C(=O)N2CCNC2=O)sc1C. The van der Waals surface area contributed by atoms with E-state index in [2.05, 4.69) is 12.2 Å². The summed E-state index contributed by atoms with van der Waals surface area (Å²) >= 11 is 1.37. The molecule has 0 radical (unpaired) electrons. The van der Waals surface area contributed by atoms with E-state index >= 15 is 0 Å². The topological polar surface area (TPSA) is 75.7 Å². The summed E-state index contributed by atoms with van der Waals surface area (Å²) in [6.07, 6.45) is 0.941. The molecule has 0 aliphatic carbocycles. The van der Waals surface area contributed by atoms with Gasteiger partial charge < -0.3 is 10.1 Å². The molecule has 6 nitrogen and oxygen atoms in total. The number of carbonyl (C=O) groups excluding carboxylic acids is 3. The summed E-state index contributed by atoms with van der Waals surface area (Å²) < 4.78 is 5.21. The molecule has 7 heteroatoms. The van der Waals surface area contributed by atoms with Gasteiger partial charge in [0.2, 0.25) is 0 Å². The number of rotatable bonds is 5. The molecule has 0 bridgehead atoms. The maximum absolute atomic E-state index is 12.1. The lowest BCUT2D eigenvalue weighted by molar-refractivity contribution is -0.135. The smallest absolute Gasteiger partial charge is 0.349 e. The van der Waals surface area contributed by atoms with Crippen LogP contribution in [0.2, 0.25) is 0 Å². The van der Waals surface area contributed by atoms with Crippen molar-refractivity contribution < 1.29 is 19.1 Å². The number of carbonyl (C=O) groups is 3. The van der Waals surface area contributed by atoms with Gasteiger partial charge in [-0.15, -0.1) is 11.3 Å². The van der Waals surface area contributed by atoms with E-state index in [1.165, 1.54) is 18.3 Å². The highest BCUT2D eigenvalue weighted by atomic mass is 32.1. The fourth-order valence-corrected chi connectivity index (χ4v) is 3.26. The van der Waals surface area contributed by atoms with Crippen LogP contribution in [-0.2, 0) is 16.0 Å². The Bertz CT molecular complexity index is 596. The Hall–Kier alpha value is -1.89. The van der Waals surface area contributed by atoms with Crippen molar-refractivity contribution in [3.05, 3.63) is 21.4 Å². The van der Waals surface area contributed by atoms with E-state index in [4.69, 9.17) is 4.74 Å². The maximum atomic E-state index is 12.1. The average Bonchev–Trinajstić information content (AvgIpc) is 3.05. The second-order valence-corrected chi connectivity index (χ2v) is 6.47. The molecule has 0 saturated carbocycles. The Morgan fingerprint density at radius 2 is 2.23 bits per heavy atom. The number of esters is 1. The normalized spacial score (nSPS) is 15.6. The predicted octanol–water partition coefficient (Wildman–Crippen LogP) is 2.11. The van der Waals surface area contributed by atoms with E-state index in [1.807, 2.05) is 13.0 Å². The van der Waals surface area contributed by atoms with Crippen LogP contribution in [-0.4, -0.2) is 42.0 Å². The van der Waals surface area contributed by atoms with Gasteiger partial charge in [0.05, 0.1) is 0 Å². The molecule has 1 atom stereocenters. The third kappa shape index (κ3) is 3.47. The molecule has 0 unspecified atom stereocenters. The molecular formula is C15H20N2O4S. The Kier molecular flexibility index (Phi) is 5.18. The molecule has 3 amide bonds. The van der Waals surface area contributed by atoms with Gasteiger partial charge in [-0.2, -0.15) is 0 Å². The summed E-state index contributed by atoms with van der Waals surface area (Å²) in [5.41, 5.74) is 1.14. The van der Waals surface area contributed by atoms with Gasteiger partial charge in [-0.05, 0) is 31.9 Å². The number of ether oxygens (including phenoxy) is 1. The first kappa shape index (κ1) is 16.5. The van der Waals surface area contributed by atoms with Crippen molar-refractivity contribution in [2.45, 2.75) is 39.7 Å². The van der Waals surface area contributed by atoms with Crippen LogP contribution in [0.3, 0.4) is 0 Å². The van der Waals surface area contributed by atoms with Crippen LogP contribution in [0, 0.1) is 6.92 Å². The molecule has 1 aliphatic rings. The van der Waals surface area contributed by atoms with E-state index in [0.29, 0.717) is 18.0 Å². The molecular weight excluding hydrogens is 304 g/mol. The molecule has 1 fully saturated rings. The minimum absolute atomic E-state index is 0.304. The zero-order valence-corrected chi connectivity index (χ0v) is 13.8. The average molecular weight is 324 g/mol. The molecule has 1 N–H and O–H groups in total. The fraction of sp³-hybridized carbons (Fsp3) is 0.533. The van der Waals surface area contributed by atoms with Gasteiger partial charge >= 0.3 is 12.0 Å². The Balaban J connectivity index is 2.00. The second-order valence-electron chi connectivity index (χ2n) is 5.21. The number of nitrogens with zero attached hydrogens (tertiary/aromatic N) is 1. The van der Waals surface area contributed by atoms with Crippen LogP contribution < -0.4 is 5.32 Å². The van der Waals surface area contributed by atoms with Crippen molar-refractivity contribution >= 4 is 29.2 Å². The molecule has 1 aliphatic heterocycles. The Morgan fingerprint density at radius 3 is 2.82 bits per heavy atom. The largest absolute Gasteiger partial charge is 0.448 e. The minimum atomic E-state index is -0.978. The van der Waals surface area contributed by atoms with Crippen molar-refractivity contribution in [1.82, 2.24) is 10.2 Å². The summed E-state index contributed by atoms with van der Waals surface area (Å²) in [4.78, 5) is 38.3. The van der Waals surface area contributed by atoms with Gasteiger partial charge in [0, 0.05) is 18.0 Å². The van der Waals surface area contributed by atoms with Gasteiger partial charge in [0.25, 0.3) is 5.91 Å². The van der Waals surface area contributed by atoms with Gasteiger partial charge in [0.15, 0.2) is 6.10 Å². The standard InChI is InChI=1S/C15H20N2O4S/c1-4-5-11-8-12(22-10(11)3)14(19)21-9(2)13(18)17-7-6-16-15(17)20/h8-9H,4-7H2,1-3H3,(H,16,20)/t9-/m1/s1. The summed E-state index contributed by atoms with van der Waals surface area (Å²) in [7, 11) is 0. The highest BCUT2D eigenvalue weighted by Gasteiger charge is 2.32. The molecule has 0 aromatic carbocycles. The van der Waals surface area contributed by atoms with Gasteiger partial charge in [0.1, 0.15) is 4.88 Å². The molecule has 2 rings (SSSR count). The Labute approximate surface area is 133 Å². The number of hydrogen-bond acceptors (Lipinski definition) is 5. The third-order valence-corrected chi connectivity index (χ3v) is 4.57. The molecule has 22 heavy (non-hydrogen) atoms. The highest BCUT2D eigenvalue weighted by molar-refractivity contribution is 7.14. The summed E-state index contributed by atoms with van der Waals surface area (Å²) in [5.74, 6) is -1.01. The van der Waals surface area contributed by atoms with Gasteiger partial charge in [-0.1, -0.05) is 13.3 Å². The molecule has 1 aromatic heterocycles. The lowest BCUT2D eigenvalue weighted by atomic mass is 10.1. The third-order valence-electron chi connectivity index (χ3n) is 3.50. The van der Waals surface area contributed by atoms with Crippen LogP contribution in [0.4, 0.5) is 4.79 Å². The summed E-state index contributed by atoms with van der Waals surface area (Å²) in [6.45, 7) is 6.26. The number of thiophene rings is 1. The van der Waals surface area contributed by atoms with Crippen molar-refractivity contribution in [2.24, 2.45) is 0 Å².